The first-order valence-corrected chi connectivity index (χ1v) is 6.87. The van der Waals surface area contributed by atoms with Crippen molar-refractivity contribution in [2.24, 2.45) is 10.8 Å². The summed E-state index contributed by atoms with van der Waals surface area (Å²) in [6.07, 6.45) is 0.490. The Morgan fingerprint density at radius 3 is 1.35 bits per heavy atom. The zero-order valence-corrected chi connectivity index (χ0v) is 13.0. The molecule has 0 rings (SSSR count). The molecule has 6 heteroatoms. The fourth-order valence-corrected chi connectivity index (χ4v) is 1.51. The monoisotopic (exact) mass is 288 g/mol. The van der Waals surface area contributed by atoms with Gasteiger partial charge in [-0.05, 0) is 10.8 Å². The Balaban J connectivity index is 3.82. The van der Waals surface area contributed by atoms with E-state index in [9.17, 15) is 9.59 Å². The second-order valence-corrected chi connectivity index (χ2v) is 6.70. The van der Waals surface area contributed by atoms with Crippen LogP contribution in [-0.2, 0) is 9.59 Å². The first-order chi connectivity index (χ1) is 9.12. The van der Waals surface area contributed by atoms with Crippen molar-refractivity contribution in [2.75, 3.05) is 26.3 Å². The third-order valence-electron chi connectivity index (χ3n) is 2.90. The van der Waals surface area contributed by atoms with Gasteiger partial charge in [-0.1, -0.05) is 27.7 Å². The van der Waals surface area contributed by atoms with Gasteiger partial charge in [0, 0.05) is 39.1 Å². The van der Waals surface area contributed by atoms with Gasteiger partial charge in [0.1, 0.15) is 0 Å². The number of rotatable bonds is 9. The highest BCUT2D eigenvalue weighted by Crippen LogP contribution is 2.19. The predicted octanol–water partition coefficient (Wildman–Crippen LogP) is 0.0360. The van der Waals surface area contributed by atoms with Crippen LogP contribution in [0.5, 0.6) is 0 Å². The third kappa shape index (κ3) is 8.87. The summed E-state index contributed by atoms with van der Waals surface area (Å²) in [5.74, 6) is -0.289. The predicted molar refractivity (Wildman–Crippen MR) is 77.0 cm³/mol. The molecular formula is C14H28N2O4. The van der Waals surface area contributed by atoms with Crippen LogP contribution in [0.1, 0.15) is 40.5 Å². The van der Waals surface area contributed by atoms with Crippen molar-refractivity contribution in [1.82, 2.24) is 10.6 Å². The molecular weight excluding hydrogens is 260 g/mol. The molecule has 0 saturated heterocycles. The van der Waals surface area contributed by atoms with Gasteiger partial charge in [0.15, 0.2) is 0 Å². The lowest BCUT2D eigenvalue weighted by Crippen LogP contribution is -2.38. The van der Waals surface area contributed by atoms with E-state index in [4.69, 9.17) is 10.2 Å². The second-order valence-electron chi connectivity index (χ2n) is 6.70. The zero-order chi connectivity index (χ0) is 15.8. The summed E-state index contributed by atoms with van der Waals surface area (Å²) in [4.78, 5) is 23.1. The smallest absolute Gasteiger partial charge is 0.220 e. The van der Waals surface area contributed by atoms with E-state index in [-0.39, 0.29) is 37.9 Å². The maximum absolute atomic E-state index is 11.6. The van der Waals surface area contributed by atoms with Crippen molar-refractivity contribution in [3.8, 4) is 0 Å². The average molecular weight is 288 g/mol. The van der Waals surface area contributed by atoms with Crippen molar-refractivity contribution >= 4 is 11.8 Å². The summed E-state index contributed by atoms with van der Waals surface area (Å²) in [5.41, 5.74) is -0.864. The molecule has 0 saturated carbocycles. The molecule has 0 aliphatic heterocycles. The molecule has 0 aliphatic carbocycles. The molecule has 118 valence electrons. The number of carbonyl (C=O) groups excluding carboxylic acids is 2. The molecule has 0 atom stereocenters. The van der Waals surface area contributed by atoms with Crippen molar-refractivity contribution in [3.05, 3.63) is 0 Å². The van der Waals surface area contributed by atoms with Crippen LogP contribution in [0.4, 0.5) is 0 Å². The SMILES string of the molecule is CC(C)(CO)CC(=O)NCCNC(=O)CC(C)(C)CO. The van der Waals surface area contributed by atoms with Crippen LogP contribution in [0.15, 0.2) is 0 Å². The van der Waals surface area contributed by atoms with E-state index >= 15 is 0 Å². The highest BCUT2D eigenvalue weighted by molar-refractivity contribution is 5.77. The fourth-order valence-electron chi connectivity index (χ4n) is 1.51. The summed E-state index contributed by atoms with van der Waals surface area (Å²) < 4.78 is 0. The molecule has 0 aromatic rings. The quantitative estimate of drug-likeness (QED) is 0.450. The van der Waals surface area contributed by atoms with Crippen LogP contribution >= 0.6 is 0 Å². The molecule has 20 heavy (non-hydrogen) atoms. The van der Waals surface area contributed by atoms with Gasteiger partial charge in [-0.15, -0.1) is 0 Å². The highest BCUT2D eigenvalue weighted by atomic mass is 16.3. The average Bonchev–Trinajstić information content (AvgIpc) is 2.33. The summed E-state index contributed by atoms with van der Waals surface area (Å²) in [6.45, 7) is 7.85. The molecule has 4 N–H and O–H groups in total. The lowest BCUT2D eigenvalue weighted by Gasteiger charge is -2.21. The van der Waals surface area contributed by atoms with Gasteiger partial charge >= 0.3 is 0 Å². The second kappa shape index (κ2) is 8.21. The van der Waals surface area contributed by atoms with E-state index in [2.05, 4.69) is 10.6 Å². The van der Waals surface area contributed by atoms with Gasteiger partial charge in [-0.25, -0.2) is 0 Å². The Morgan fingerprint density at radius 2 is 1.10 bits per heavy atom. The van der Waals surface area contributed by atoms with Gasteiger partial charge < -0.3 is 20.8 Å². The first-order valence-electron chi connectivity index (χ1n) is 6.87. The van der Waals surface area contributed by atoms with Crippen molar-refractivity contribution in [1.29, 1.82) is 0 Å². The molecule has 0 aromatic carbocycles. The van der Waals surface area contributed by atoms with Crippen LogP contribution in [0.3, 0.4) is 0 Å². The Morgan fingerprint density at radius 1 is 0.800 bits per heavy atom. The van der Waals surface area contributed by atoms with E-state index < -0.39 is 10.8 Å². The molecule has 0 radical (unpaired) electrons. The van der Waals surface area contributed by atoms with Gasteiger partial charge in [0.05, 0.1) is 0 Å². The minimum atomic E-state index is -0.432. The van der Waals surface area contributed by atoms with Gasteiger partial charge in [-0.2, -0.15) is 0 Å². The van der Waals surface area contributed by atoms with Crippen LogP contribution in [-0.4, -0.2) is 48.3 Å². The summed E-state index contributed by atoms with van der Waals surface area (Å²) in [6, 6.07) is 0. The first kappa shape index (κ1) is 18.9. The fraction of sp³-hybridized carbons (Fsp3) is 0.857. The Hall–Kier alpha value is -1.14. The zero-order valence-electron chi connectivity index (χ0n) is 13.0. The number of hydrogen-bond donors (Lipinski definition) is 4. The topological polar surface area (TPSA) is 98.7 Å². The molecule has 0 bridgehead atoms. The molecule has 0 unspecified atom stereocenters. The van der Waals surface area contributed by atoms with Crippen LogP contribution in [0.2, 0.25) is 0 Å². The standard InChI is InChI=1S/C14H28N2O4/c1-13(2,9-17)7-11(19)15-5-6-16-12(20)8-14(3,4)10-18/h17-18H,5-10H2,1-4H3,(H,15,19)(H,16,20). The maximum Gasteiger partial charge on any atom is 0.220 e. The molecule has 0 spiro atoms. The van der Waals surface area contributed by atoms with E-state index in [1.54, 1.807) is 0 Å². The van der Waals surface area contributed by atoms with Gasteiger partial charge in [-0.3, -0.25) is 9.59 Å². The number of aliphatic hydroxyl groups is 2. The van der Waals surface area contributed by atoms with Crippen molar-refractivity contribution < 1.29 is 19.8 Å². The number of carbonyl (C=O) groups is 2. The van der Waals surface area contributed by atoms with Crippen LogP contribution < -0.4 is 10.6 Å². The molecule has 2 amide bonds. The number of aliphatic hydroxyl groups excluding tert-OH is 2. The normalized spacial score (nSPS) is 12.1. The van der Waals surface area contributed by atoms with Gasteiger partial charge in [0.2, 0.25) is 11.8 Å². The lowest BCUT2D eigenvalue weighted by molar-refractivity contribution is -0.125. The largest absolute Gasteiger partial charge is 0.396 e. The molecule has 6 nitrogen and oxygen atoms in total. The highest BCUT2D eigenvalue weighted by Gasteiger charge is 2.21. The van der Waals surface area contributed by atoms with E-state index in [1.807, 2.05) is 27.7 Å². The van der Waals surface area contributed by atoms with E-state index in [0.29, 0.717) is 13.1 Å². The van der Waals surface area contributed by atoms with E-state index in [1.165, 1.54) is 0 Å². The van der Waals surface area contributed by atoms with E-state index in [0.717, 1.165) is 0 Å². The van der Waals surface area contributed by atoms with Crippen molar-refractivity contribution in [3.63, 3.8) is 0 Å². The molecule has 0 aliphatic rings. The van der Waals surface area contributed by atoms with Crippen LogP contribution in [0, 0.1) is 10.8 Å². The summed E-state index contributed by atoms with van der Waals surface area (Å²) in [7, 11) is 0. The molecule has 0 aromatic heterocycles. The Labute approximate surface area is 120 Å². The third-order valence-corrected chi connectivity index (χ3v) is 2.90. The molecule has 0 fully saturated rings. The summed E-state index contributed by atoms with van der Waals surface area (Å²) >= 11 is 0. The molecule has 0 heterocycles. The lowest BCUT2D eigenvalue weighted by atomic mass is 9.90. The summed E-state index contributed by atoms with van der Waals surface area (Å²) in [5, 5.41) is 23.5. The minimum absolute atomic E-state index is 0.0482. The van der Waals surface area contributed by atoms with Crippen molar-refractivity contribution in [2.45, 2.75) is 40.5 Å². The van der Waals surface area contributed by atoms with Gasteiger partial charge in [0.25, 0.3) is 0 Å². The number of hydrogen-bond acceptors (Lipinski definition) is 4. The minimum Gasteiger partial charge on any atom is -0.396 e. The Kier molecular flexibility index (Phi) is 7.75. The number of nitrogens with one attached hydrogen (secondary N) is 2. The van der Waals surface area contributed by atoms with Crippen LogP contribution in [0.25, 0.3) is 0 Å². The number of amides is 2. The maximum atomic E-state index is 11.6. The Bertz CT molecular complexity index is 295.